The van der Waals surface area contributed by atoms with Gasteiger partial charge in [-0.25, -0.2) is 0 Å². The van der Waals surface area contributed by atoms with E-state index in [1.807, 2.05) is 0 Å². The highest BCUT2D eigenvalue weighted by Gasteiger charge is 2.50. The highest BCUT2D eigenvalue weighted by atomic mass is 31.3. The molecule has 2 atom stereocenters. The first-order valence-corrected chi connectivity index (χ1v) is 26.7. The first-order chi connectivity index (χ1) is 37.9. The lowest BCUT2D eigenvalue weighted by Gasteiger charge is -2.34. The molecule has 0 bridgehead atoms. The molecule has 27 nitrogen and oxygen atoms in total. The molecule has 1 aliphatic heterocycles. The zero-order chi connectivity index (χ0) is 55.7. The molecule has 6 aromatic rings. The molecule has 30 heteroatoms. The number of methoxy groups -OCH3 is 6. The minimum atomic E-state index is -4.89. The van der Waals surface area contributed by atoms with Gasteiger partial charge in [-0.15, -0.1) is 0 Å². The summed E-state index contributed by atoms with van der Waals surface area (Å²) in [7, 11) is -6.60. The lowest BCUT2D eigenvalue weighted by Crippen LogP contribution is -2.12. The van der Waals surface area contributed by atoms with Crippen LogP contribution in [-0.4, -0.2) is 111 Å². The van der Waals surface area contributed by atoms with Crippen molar-refractivity contribution in [1.82, 2.24) is 0 Å². The molecule has 2 unspecified atom stereocenters. The van der Waals surface area contributed by atoms with E-state index in [9.17, 15) is 31.2 Å². The molecular weight excluding hydrogens is 1080 g/mol. The molecule has 0 aromatic heterocycles. The maximum absolute atomic E-state index is 9.49. The van der Waals surface area contributed by atoms with Crippen LogP contribution in [0, 0.1) is 0 Å². The molecule has 1 aliphatic rings. The van der Waals surface area contributed by atoms with Gasteiger partial charge in [-0.05, 0) is 109 Å². The summed E-state index contributed by atoms with van der Waals surface area (Å²) in [4.78, 5) is 0. The first-order valence-electron chi connectivity index (χ1n) is 22.1. The number of hydrogen-bond donors (Lipinski definition) is 6. The van der Waals surface area contributed by atoms with Gasteiger partial charge in [-0.1, -0.05) is 44.5 Å². The Bertz CT molecular complexity index is 2920. The quantitative estimate of drug-likeness (QED) is 0.0142. The van der Waals surface area contributed by atoms with Crippen molar-refractivity contribution in [1.29, 1.82) is 0 Å². The molecule has 408 valence electrons. The van der Waals surface area contributed by atoms with E-state index in [0.717, 1.165) is 37.3 Å². The molecule has 78 heavy (non-hydrogen) atoms. The van der Waals surface area contributed by atoms with Gasteiger partial charge in [0.25, 0.3) is 0 Å². The molecule has 1 heterocycles. The molecule has 6 N–H and O–H groups in total. The third-order valence-electron chi connectivity index (χ3n) is 10.3. The number of rotatable bonds is 24. The van der Waals surface area contributed by atoms with Crippen LogP contribution >= 0.6 is 23.0 Å². The fraction of sp³-hybridized carbons (Fsp3) is 0.125. The summed E-state index contributed by atoms with van der Waals surface area (Å²) in [5, 5.41) is 75.8. The van der Waals surface area contributed by atoms with Crippen LogP contribution in [0.1, 0.15) is 33.4 Å². The number of benzene rings is 6. The fourth-order valence-corrected chi connectivity index (χ4v) is 16.1. The topological polar surface area (TPSA) is 343 Å². The van der Waals surface area contributed by atoms with Crippen LogP contribution < -0.4 is 55.6 Å². The Labute approximate surface area is 444 Å². The van der Waals surface area contributed by atoms with Crippen LogP contribution in [0.15, 0.2) is 154 Å². The Morgan fingerprint density at radius 1 is 0.269 bits per heavy atom. The number of oxime groups is 6. The summed E-state index contributed by atoms with van der Waals surface area (Å²) in [5.74, 6) is -0.428. The molecule has 0 saturated heterocycles. The maximum atomic E-state index is 9.49. The molecule has 0 aliphatic carbocycles. The van der Waals surface area contributed by atoms with Crippen molar-refractivity contribution in [3.63, 3.8) is 0 Å². The molecule has 7 rings (SSSR count). The Morgan fingerprint density at radius 3 is 0.551 bits per heavy atom. The normalized spacial score (nSPS) is 16.8. The predicted molar refractivity (Wildman–Crippen MR) is 286 cm³/mol. The molecule has 0 radical (unpaired) electrons. The van der Waals surface area contributed by atoms with Crippen LogP contribution in [0.5, 0.6) is 69.0 Å². The Kier molecular flexibility index (Phi) is 18.6. The minimum Gasteiger partial charge on any atom is -0.493 e. The van der Waals surface area contributed by atoms with Gasteiger partial charge in [0.1, 0.15) is 0 Å². The van der Waals surface area contributed by atoms with Crippen LogP contribution in [-0.2, 0) is 0 Å². The van der Waals surface area contributed by atoms with E-state index in [2.05, 4.69) is 30.9 Å². The van der Waals surface area contributed by atoms with Crippen molar-refractivity contribution in [3.05, 3.63) is 143 Å². The monoisotopic (exact) mass is 1130 g/mol. The van der Waals surface area contributed by atoms with Gasteiger partial charge in [0.05, 0.1) is 79.9 Å². The molecular formula is C48H48N9O18P3. The lowest BCUT2D eigenvalue weighted by atomic mass is 10.2. The molecule has 0 spiro atoms. The Morgan fingerprint density at radius 2 is 0.423 bits per heavy atom. The summed E-state index contributed by atoms with van der Waals surface area (Å²) in [6.07, 6.45) is 6.87. The van der Waals surface area contributed by atoms with Gasteiger partial charge >= 0.3 is 23.0 Å². The van der Waals surface area contributed by atoms with E-state index in [4.69, 9.17) is 69.1 Å². The van der Waals surface area contributed by atoms with Crippen LogP contribution in [0.4, 0.5) is 0 Å². The molecule has 0 amide bonds. The standard InChI is InChI=1S/C48H48N9O18P3/c1-64-43-19-31(25-49-58)7-13-37(43)70-76(71-38-14-8-32(26-50-59)20-44(38)65-2)55-77(72-39-15-9-33(27-51-60)21-45(39)66-3,73-40-16-10-34(28-52-61)22-46(40)67-4)57-78(56-76,74-41-17-11-35(29-53-62)23-47(41)68-5)75-42-18-12-36(30-54-63)24-48(42)69-6/h7-30,58-63H,1-6H3/b49-25-,50-26+,51-27-,52-28+,53-29+,54-30+. The smallest absolute Gasteiger partial charge is 0.461 e. The van der Waals surface area contributed by atoms with Crippen LogP contribution in [0.2, 0.25) is 0 Å². The van der Waals surface area contributed by atoms with Crippen LogP contribution in [0.25, 0.3) is 0 Å². The van der Waals surface area contributed by atoms with Crippen molar-refractivity contribution in [2.75, 3.05) is 42.7 Å². The molecule has 0 fully saturated rings. The van der Waals surface area contributed by atoms with Crippen molar-refractivity contribution in [2.24, 2.45) is 44.5 Å². The summed E-state index contributed by atoms with van der Waals surface area (Å²) < 4.78 is 92.9. The predicted octanol–water partition coefficient (Wildman–Crippen LogP) is 11.2. The largest absolute Gasteiger partial charge is 0.493 e. The van der Waals surface area contributed by atoms with Gasteiger partial charge in [0.15, 0.2) is 69.0 Å². The van der Waals surface area contributed by atoms with Gasteiger partial charge in [-0.3, -0.25) is 0 Å². The summed E-state index contributed by atoms with van der Waals surface area (Å²) in [5.41, 5.74) is 2.16. The van der Waals surface area contributed by atoms with Crippen molar-refractivity contribution >= 4 is 60.3 Å². The van der Waals surface area contributed by atoms with E-state index in [1.54, 1.807) is 0 Å². The van der Waals surface area contributed by atoms with Crippen LogP contribution in [0.3, 0.4) is 0 Å². The van der Waals surface area contributed by atoms with E-state index in [-0.39, 0.29) is 69.0 Å². The van der Waals surface area contributed by atoms with Gasteiger partial charge in [0.2, 0.25) is 0 Å². The SMILES string of the molecule is COc1cc(/C=N\O)ccc1OP1(Oc2ccc(/C=N/O)cc2OC)=NP(Oc2ccc(/C=N\O)cc2OC)(Oc2ccc(/C=N/O)cc2OC)=NP(Oc2ccc(/C=N/O)cc2OC)(Oc2ccc(/C=N/O)cc2OC)=N1. The summed E-state index contributed by atoms with van der Waals surface area (Å²) in [6.45, 7) is 0. The summed E-state index contributed by atoms with van der Waals surface area (Å²) >= 11 is 0. The number of nitrogens with zero attached hydrogens (tertiary/aromatic N) is 9. The number of ether oxygens (including phenoxy) is 6. The first kappa shape index (κ1) is 56.2. The van der Waals surface area contributed by atoms with E-state index >= 15 is 0 Å². The molecule has 0 saturated carbocycles. The summed E-state index contributed by atoms with van der Waals surface area (Å²) in [6, 6.07) is 26.7. The minimum absolute atomic E-state index is 0.0255. The second kappa shape index (κ2) is 25.8. The van der Waals surface area contributed by atoms with Crippen molar-refractivity contribution in [2.45, 2.75) is 0 Å². The van der Waals surface area contributed by atoms with Gasteiger partial charge in [0, 0.05) is 33.4 Å². The Hall–Kier alpha value is -9.57. The van der Waals surface area contributed by atoms with Gasteiger partial charge in [-0.2, -0.15) is 0 Å². The lowest BCUT2D eigenvalue weighted by molar-refractivity contribution is 0.321. The van der Waals surface area contributed by atoms with E-state index < -0.39 is 23.0 Å². The zero-order valence-electron chi connectivity index (χ0n) is 41.8. The average molecular weight is 1130 g/mol. The fourth-order valence-electron chi connectivity index (χ4n) is 6.97. The third kappa shape index (κ3) is 13.3. The second-order valence-electron chi connectivity index (χ2n) is 15.2. The third-order valence-corrected chi connectivity index (χ3v) is 18.4. The Balaban J connectivity index is 1.73. The second-order valence-corrected chi connectivity index (χ2v) is 21.4. The maximum Gasteiger partial charge on any atom is 0.461 e. The molecule has 6 aromatic carbocycles. The highest BCUT2D eigenvalue weighted by Crippen LogP contribution is 2.80. The number of hydrogen-bond acceptors (Lipinski definition) is 27. The van der Waals surface area contributed by atoms with E-state index in [1.165, 1.54) is 152 Å². The van der Waals surface area contributed by atoms with Crippen molar-refractivity contribution < 1.29 is 86.8 Å². The van der Waals surface area contributed by atoms with Gasteiger partial charge < -0.3 is 86.8 Å². The van der Waals surface area contributed by atoms with E-state index in [0.29, 0.717) is 33.4 Å². The highest BCUT2D eigenvalue weighted by molar-refractivity contribution is 7.79. The zero-order valence-corrected chi connectivity index (χ0v) is 44.5. The average Bonchev–Trinajstić information content (AvgIpc) is 3.46. The van der Waals surface area contributed by atoms with Crippen molar-refractivity contribution in [3.8, 4) is 69.0 Å².